The normalized spacial score (nSPS) is 30.7. The van der Waals surface area contributed by atoms with Gasteiger partial charge in [-0.15, -0.1) is 0 Å². The molecule has 0 aromatic heterocycles. The van der Waals surface area contributed by atoms with E-state index in [1.54, 1.807) is 0 Å². The zero-order valence-electron chi connectivity index (χ0n) is 12.3. The highest BCUT2D eigenvalue weighted by molar-refractivity contribution is 4.92. The van der Waals surface area contributed by atoms with Crippen molar-refractivity contribution >= 4 is 0 Å². The summed E-state index contributed by atoms with van der Waals surface area (Å²) in [5, 5.41) is 3.71. The molecule has 1 saturated heterocycles. The number of hydrogen-bond acceptors (Lipinski definition) is 3. The van der Waals surface area contributed by atoms with E-state index in [0.29, 0.717) is 24.2 Å². The molecular formula is C15H30N2O. The quantitative estimate of drug-likeness (QED) is 0.788. The Morgan fingerprint density at radius 2 is 2.06 bits per heavy atom. The van der Waals surface area contributed by atoms with Crippen molar-refractivity contribution in [2.75, 3.05) is 19.7 Å². The van der Waals surface area contributed by atoms with Gasteiger partial charge in [0, 0.05) is 31.2 Å². The number of hydrogen-bond donors (Lipinski definition) is 1. The molecule has 0 aromatic rings. The van der Waals surface area contributed by atoms with E-state index in [1.165, 1.54) is 32.1 Å². The van der Waals surface area contributed by atoms with Crippen LogP contribution in [0.5, 0.6) is 0 Å². The summed E-state index contributed by atoms with van der Waals surface area (Å²) >= 11 is 0. The van der Waals surface area contributed by atoms with Crippen molar-refractivity contribution < 1.29 is 4.74 Å². The monoisotopic (exact) mass is 254 g/mol. The minimum Gasteiger partial charge on any atom is -0.375 e. The first-order valence-corrected chi connectivity index (χ1v) is 7.87. The predicted molar refractivity (Wildman–Crippen MR) is 75.9 cm³/mol. The van der Waals surface area contributed by atoms with Crippen LogP contribution >= 0.6 is 0 Å². The molecule has 106 valence electrons. The average molecular weight is 254 g/mol. The molecule has 1 aliphatic heterocycles. The molecule has 0 amide bonds. The smallest absolute Gasteiger partial charge is 0.0731 e. The summed E-state index contributed by atoms with van der Waals surface area (Å²) < 4.78 is 5.89. The molecule has 3 nitrogen and oxygen atoms in total. The van der Waals surface area contributed by atoms with Crippen LogP contribution in [0.4, 0.5) is 0 Å². The van der Waals surface area contributed by atoms with Crippen molar-refractivity contribution in [3.05, 3.63) is 0 Å². The molecule has 3 heteroatoms. The highest BCUT2D eigenvalue weighted by Gasteiger charge is 2.37. The van der Waals surface area contributed by atoms with Gasteiger partial charge in [-0.05, 0) is 39.0 Å². The Morgan fingerprint density at radius 1 is 1.28 bits per heavy atom. The summed E-state index contributed by atoms with van der Waals surface area (Å²) in [4.78, 5) is 2.69. The van der Waals surface area contributed by atoms with E-state index in [1.807, 2.05) is 0 Å². The van der Waals surface area contributed by atoms with Crippen LogP contribution < -0.4 is 5.32 Å². The summed E-state index contributed by atoms with van der Waals surface area (Å²) in [6.07, 6.45) is 6.94. The van der Waals surface area contributed by atoms with Gasteiger partial charge in [0.05, 0.1) is 12.7 Å². The number of nitrogens with one attached hydrogen (secondary N) is 1. The van der Waals surface area contributed by atoms with Gasteiger partial charge in [-0.25, -0.2) is 0 Å². The lowest BCUT2D eigenvalue weighted by Crippen LogP contribution is -2.55. The molecule has 1 N–H and O–H groups in total. The number of fused-ring (bicyclic) bond motifs is 1. The molecule has 2 aliphatic rings. The molecule has 2 fully saturated rings. The number of morpholine rings is 1. The van der Waals surface area contributed by atoms with Crippen molar-refractivity contribution in [2.45, 2.75) is 77.1 Å². The number of nitrogens with zero attached hydrogens (tertiary/aromatic N) is 1. The molecule has 0 radical (unpaired) electrons. The van der Waals surface area contributed by atoms with E-state index in [0.717, 1.165) is 19.7 Å². The summed E-state index contributed by atoms with van der Waals surface area (Å²) in [7, 11) is 0. The third-order valence-corrected chi connectivity index (χ3v) is 4.78. The lowest BCUT2D eigenvalue weighted by molar-refractivity contribution is -0.0690. The molecule has 3 unspecified atom stereocenters. The second-order valence-electron chi connectivity index (χ2n) is 5.92. The summed E-state index contributed by atoms with van der Waals surface area (Å²) in [5.41, 5.74) is 0. The van der Waals surface area contributed by atoms with Crippen LogP contribution in [0.1, 0.15) is 52.9 Å². The van der Waals surface area contributed by atoms with Gasteiger partial charge < -0.3 is 10.1 Å². The van der Waals surface area contributed by atoms with E-state index in [9.17, 15) is 0 Å². The maximum Gasteiger partial charge on any atom is 0.0731 e. The van der Waals surface area contributed by atoms with Gasteiger partial charge in [0.25, 0.3) is 0 Å². The molecule has 1 heterocycles. The van der Waals surface area contributed by atoms with Crippen LogP contribution in [0.2, 0.25) is 0 Å². The van der Waals surface area contributed by atoms with Crippen LogP contribution in [0.15, 0.2) is 0 Å². The highest BCUT2D eigenvalue weighted by atomic mass is 16.5. The average Bonchev–Trinajstić information content (AvgIpc) is 2.87. The van der Waals surface area contributed by atoms with Crippen molar-refractivity contribution in [1.29, 1.82) is 0 Å². The van der Waals surface area contributed by atoms with Crippen LogP contribution in [0.3, 0.4) is 0 Å². The molecule has 3 atom stereocenters. The van der Waals surface area contributed by atoms with Crippen molar-refractivity contribution in [1.82, 2.24) is 10.2 Å². The Balaban J connectivity index is 1.82. The minimum absolute atomic E-state index is 0.523. The fraction of sp³-hybridized carbons (Fsp3) is 1.00. The van der Waals surface area contributed by atoms with Gasteiger partial charge in [0.15, 0.2) is 0 Å². The summed E-state index contributed by atoms with van der Waals surface area (Å²) in [6, 6.07) is 2.02. The Morgan fingerprint density at radius 3 is 2.78 bits per heavy atom. The molecule has 1 aliphatic carbocycles. The topological polar surface area (TPSA) is 24.5 Å². The lowest BCUT2D eigenvalue weighted by atomic mass is 10.1. The standard InChI is InChI=1S/C15H30N2O/c1-4-13(5-2)16-11-12(3)17-9-10-18-15-8-6-7-14(15)17/h12-16H,4-11H2,1-3H3. The largest absolute Gasteiger partial charge is 0.375 e. The van der Waals surface area contributed by atoms with Crippen LogP contribution in [-0.4, -0.2) is 48.8 Å². The fourth-order valence-corrected chi connectivity index (χ4v) is 3.53. The number of ether oxygens (including phenoxy) is 1. The second kappa shape index (κ2) is 6.88. The molecular weight excluding hydrogens is 224 g/mol. The summed E-state index contributed by atoms with van der Waals surface area (Å²) in [5.74, 6) is 0. The summed E-state index contributed by atoms with van der Waals surface area (Å²) in [6.45, 7) is 10.1. The lowest BCUT2D eigenvalue weighted by Gasteiger charge is -2.41. The van der Waals surface area contributed by atoms with E-state index < -0.39 is 0 Å². The second-order valence-corrected chi connectivity index (χ2v) is 5.92. The van der Waals surface area contributed by atoms with Gasteiger partial charge in [0.2, 0.25) is 0 Å². The predicted octanol–water partition coefficient (Wildman–Crippen LogP) is 2.41. The Labute approximate surface area is 112 Å². The van der Waals surface area contributed by atoms with Crippen molar-refractivity contribution in [3.63, 3.8) is 0 Å². The third-order valence-electron chi connectivity index (χ3n) is 4.78. The van der Waals surface area contributed by atoms with Gasteiger partial charge in [0.1, 0.15) is 0 Å². The van der Waals surface area contributed by atoms with E-state index in [-0.39, 0.29) is 0 Å². The first-order chi connectivity index (χ1) is 8.76. The van der Waals surface area contributed by atoms with Crippen LogP contribution in [0, 0.1) is 0 Å². The maximum atomic E-state index is 5.89. The first kappa shape index (κ1) is 14.3. The fourth-order valence-electron chi connectivity index (χ4n) is 3.53. The van der Waals surface area contributed by atoms with E-state index in [4.69, 9.17) is 4.74 Å². The van der Waals surface area contributed by atoms with Crippen LogP contribution in [-0.2, 0) is 4.74 Å². The van der Waals surface area contributed by atoms with Crippen LogP contribution in [0.25, 0.3) is 0 Å². The first-order valence-electron chi connectivity index (χ1n) is 7.87. The van der Waals surface area contributed by atoms with Crippen molar-refractivity contribution in [2.24, 2.45) is 0 Å². The molecule has 0 aromatic carbocycles. The van der Waals surface area contributed by atoms with Gasteiger partial charge >= 0.3 is 0 Å². The minimum atomic E-state index is 0.523. The third kappa shape index (κ3) is 3.25. The SMILES string of the molecule is CCC(CC)NCC(C)N1CCOC2CCCC21. The van der Waals surface area contributed by atoms with E-state index in [2.05, 4.69) is 31.0 Å². The molecule has 1 saturated carbocycles. The van der Waals surface area contributed by atoms with Gasteiger partial charge in [-0.2, -0.15) is 0 Å². The Kier molecular flexibility index (Phi) is 5.46. The Bertz CT molecular complexity index is 243. The van der Waals surface area contributed by atoms with Crippen molar-refractivity contribution in [3.8, 4) is 0 Å². The molecule has 0 bridgehead atoms. The number of rotatable bonds is 6. The maximum absolute atomic E-state index is 5.89. The van der Waals surface area contributed by atoms with E-state index >= 15 is 0 Å². The zero-order chi connectivity index (χ0) is 13.0. The van der Waals surface area contributed by atoms with Gasteiger partial charge in [-0.3, -0.25) is 4.90 Å². The molecule has 0 spiro atoms. The zero-order valence-corrected chi connectivity index (χ0v) is 12.3. The highest BCUT2D eigenvalue weighted by Crippen LogP contribution is 2.30. The molecule has 2 rings (SSSR count). The molecule has 18 heavy (non-hydrogen) atoms. The van der Waals surface area contributed by atoms with Gasteiger partial charge in [-0.1, -0.05) is 13.8 Å². The Hall–Kier alpha value is -0.120.